The number of guanidine groups is 1. The van der Waals surface area contributed by atoms with Crippen molar-refractivity contribution in [1.82, 2.24) is 10.0 Å². The number of nitrogens with two attached hydrogens (primary N) is 1. The molecule has 7 heteroatoms. The van der Waals surface area contributed by atoms with Crippen molar-refractivity contribution in [3.05, 3.63) is 0 Å². The summed E-state index contributed by atoms with van der Waals surface area (Å²) < 4.78 is 24.7. The average molecular weight is 264 g/mol. The van der Waals surface area contributed by atoms with Crippen LogP contribution in [0.25, 0.3) is 0 Å². The summed E-state index contributed by atoms with van der Waals surface area (Å²) in [6.07, 6.45) is 1.62. The van der Waals surface area contributed by atoms with Gasteiger partial charge in [-0.3, -0.25) is 4.99 Å². The van der Waals surface area contributed by atoms with E-state index in [2.05, 4.69) is 22.0 Å². The quantitative estimate of drug-likeness (QED) is 0.327. The summed E-state index contributed by atoms with van der Waals surface area (Å²) >= 11 is 0. The molecule has 0 rings (SSSR count). The van der Waals surface area contributed by atoms with Crippen molar-refractivity contribution in [3.63, 3.8) is 0 Å². The molecule has 1 unspecified atom stereocenters. The molecule has 0 amide bonds. The van der Waals surface area contributed by atoms with Gasteiger partial charge in [0, 0.05) is 19.1 Å². The molecular formula is C10H24N4O2S. The predicted octanol–water partition coefficient (Wildman–Crippen LogP) is 0.0186. The lowest BCUT2D eigenvalue weighted by Gasteiger charge is -2.11. The summed E-state index contributed by atoms with van der Waals surface area (Å²) in [4.78, 5) is 4.11. The number of nitrogens with zero attached hydrogens (tertiary/aromatic N) is 1. The smallest absolute Gasteiger partial charge is 0.211 e. The van der Waals surface area contributed by atoms with Crippen molar-refractivity contribution in [2.45, 2.75) is 39.7 Å². The average Bonchev–Trinajstić information content (AvgIpc) is 2.28. The Hall–Kier alpha value is -0.820. The van der Waals surface area contributed by atoms with Crippen LogP contribution in [0.3, 0.4) is 0 Å². The van der Waals surface area contributed by atoms with Crippen molar-refractivity contribution >= 4 is 16.0 Å². The fraction of sp³-hybridized carbons (Fsp3) is 0.900. The second-order valence-corrected chi connectivity index (χ2v) is 5.97. The molecule has 0 aromatic rings. The molecule has 0 saturated carbocycles. The van der Waals surface area contributed by atoms with Crippen molar-refractivity contribution in [2.75, 3.05) is 18.8 Å². The van der Waals surface area contributed by atoms with Crippen LogP contribution in [0.15, 0.2) is 4.99 Å². The Morgan fingerprint density at radius 3 is 2.59 bits per heavy atom. The van der Waals surface area contributed by atoms with Crippen LogP contribution in [0.4, 0.5) is 0 Å². The van der Waals surface area contributed by atoms with E-state index in [0.29, 0.717) is 31.5 Å². The van der Waals surface area contributed by atoms with Crippen molar-refractivity contribution in [3.8, 4) is 0 Å². The normalized spacial score (nSPS) is 14.6. The van der Waals surface area contributed by atoms with Gasteiger partial charge in [-0.25, -0.2) is 13.1 Å². The third kappa shape index (κ3) is 8.93. The van der Waals surface area contributed by atoms with Gasteiger partial charge in [-0.1, -0.05) is 6.92 Å². The molecule has 17 heavy (non-hydrogen) atoms. The number of sulfonamides is 1. The van der Waals surface area contributed by atoms with Gasteiger partial charge in [-0.2, -0.15) is 0 Å². The highest BCUT2D eigenvalue weighted by Crippen LogP contribution is 1.88. The zero-order valence-corrected chi connectivity index (χ0v) is 11.7. The zero-order valence-electron chi connectivity index (χ0n) is 10.9. The largest absolute Gasteiger partial charge is 0.370 e. The van der Waals surface area contributed by atoms with Crippen LogP contribution < -0.4 is 15.8 Å². The summed E-state index contributed by atoms with van der Waals surface area (Å²) in [6.45, 7) is 6.61. The first-order valence-corrected chi connectivity index (χ1v) is 7.60. The molecule has 0 aliphatic rings. The van der Waals surface area contributed by atoms with Gasteiger partial charge in [0.05, 0.1) is 5.75 Å². The molecule has 1 atom stereocenters. The van der Waals surface area contributed by atoms with Crippen LogP contribution in [0, 0.1) is 0 Å². The molecule has 0 radical (unpaired) electrons. The SMILES string of the molecule is CCC(C)NC(N)=NCCCNS(=O)(=O)CC. The molecule has 102 valence electrons. The third-order valence-corrected chi connectivity index (χ3v) is 3.73. The maximum atomic E-state index is 11.1. The van der Waals surface area contributed by atoms with Gasteiger partial charge < -0.3 is 11.1 Å². The molecule has 0 saturated heterocycles. The van der Waals surface area contributed by atoms with Crippen molar-refractivity contribution in [2.24, 2.45) is 10.7 Å². The number of hydrogen-bond donors (Lipinski definition) is 3. The fourth-order valence-electron chi connectivity index (χ4n) is 1.01. The highest BCUT2D eigenvalue weighted by Gasteiger charge is 2.04. The lowest BCUT2D eigenvalue weighted by atomic mass is 10.3. The van der Waals surface area contributed by atoms with Gasteiger partial charge in [0.25, 0.3) is 0 Å². The number of rotatable bonds is 8. The Morgan fingerprint density at radius 2 is 2.06 bits per heavy atom. The standard InChI is InChI=1S/C10H24N4O2S/c1-4-9(3)14-10(11)12-7-6-8-13-17(15,16)5-2/h9,13H,4-8H2,1-3H3,(H3,11,12,14). The molecule has 0 heterocycles. The van der Waals surface area contributed by atoms with Gasteiger partial charge in [0.2, 0.25) is 10.0 Å². The Balaban J connectivity index is 3.73. The minimum absolute atomic E-state index is 0.105. The molecule has 0 fully saturated rings. The van der Waals surface area contributed by atoms with Crippen LogP contribution in [0.5, 0.6) is 0 Å². The number of hydrogen-bond acceptors (Lipinski definition) is 3. The summed E-state index contributed by atoms with van der Waals surface area (Å²) in [5, 5.41) is 3.04. The maximum absolute atomic E-state index is 11.1. The minimum atomic E-state index is -3.09. The van der Waals surface area contributed by atoms with E-state index in [1.165, 1.54) is 0 Å². The van der Waals surface area contributed by atoms with E-state index < -0.39 is 10.0 Å². The summed E-state index contributed by atoms with van der Waals surface area (Å²) in [7, 11) is -3.09. The number of aliphatic imine (C=N–C) groups is 1. The minimum Gasteiger partial charge on any atom is -0.370 e. The molecule has 6 nitrogen and oxygen atoms in total. The first-order chi connectivity index (χ1) is 7.91. The first kappa shape index (κ1) is 16.2. The lowest BCUT2D eigenvalue weighted by Crippen LogP contribution is -2.38. The van der Waals surface area contributed by atoms with Crippen molar-refractivity contribution < 1.29 is 8.42 Å². The highest BCUT2D eigenvalue weighted by molar-refractivity contribution is 7.89. The van der Waals surface area contributed by atoms with Gasteiger partial charge in [-0.15, -0.1) is 0 Å². The van der Waals surface area contributed by atoms with Crippen LogP contribution in [-0.2, 0) is 10.0 Å². The van der Waals surface area contributed by atoms with Crippen LogP contribution >= 0.6 is 0 Å². The maximum Gasteiger partial charge on any atom is 0.211 e. The van der Waals surface area contributed by atoms with Gasteiger partial charge >= 0.3 is 0 Å². The highest BCUT2D eigenvalue weighted by atomic mass is 32.2. The second kappa shape index (κ2) is 8.30. The van der Waals surface area contributed by atoms with Gasteiger partial charge in [0.1, 0.15) is 0 Å². The molecule has 0 spiro atoms. The number of nitrogens with one attached hydrogen (secondary N) is 2. The van der Waals surface area contributed by atoms with Gasteiger partial charge in [0.15, 0.2) is 5.96 Å². The van der Waals surface area contributed by atoms with Crippen LogP contribution in [0.1, 0.15) is 33.6 Å². The first-order valence-electron chi connectivity index (χ1n) is 5.95. The Morgan fingerprint density at radius 1 is 1.41 bits per heavy atom. The topological polar surface area (TPSA) is 96.6 Å². The Kier molecular flexibility index (Phi) is 7.90. The Labute approximate surface area is 104 Å². The van der Waals surface area contributed by atoms with E-state index in [9.17, 15) is 8.42 Å². The van der Waals surface area contributed by atoms with Crippen molar-refractivity contribution in [1.29, 1.82) is 0 Å². The predicted molar refractivity (Wildman–Crippen MR) is 71.5 cm³/mol. The lowest BCUT2D eigenvalue weighted by molar-refractivity contribution is 0.580. The summed E-state index contributed by atoms with van der Waals surface area (Å²) in [6, 6.07) is 0.303. The van der Waals surface area contributed by atoms with Crippen LogP contribution in [0.2, 0.25) is 0 Å². The molecule has 0 aromatic carbocycles. The third-order valence-electron chi connectivity index (χ3n) is 2.33. The molecule has 0 aliphatic carbocycles. The summed E-state index contributed by atoms with van der Waals surface area (Å²) in [5.41, 5.74) is 5.64. The van der Waals surface area contributed by atoms with E-state index in [0.717, 1.165) is 6.42 Å². The van der Waals surface area contributed by atoms with Gasteiger partial charge in [-0.05, 0) is 26.7 Å². The molecule has 0 bridgehead atoms. The zero-order chi connectivity index (χ0) is 13.3. The van der Waals surface area contributed by atoms with Crippen LogP contribution in [-0.4, -0.2) is 39.3 Å². The molecule has 4 N–H and O–H groups in total. The van der Waals surface area contributed by atoms with E-state index in [4.69, 9.17) is 5.73 Å². The fourth-order valence-corrected chi connectivity index (χ4v) is 1.67. The molecule has 0 aromatic heterocycles. The van der Waals surface area contributed by atoms with E-state index >= 15 is 0 Å². The van der Waals surface area contributed by atoms with E-state index in [-0.39, 0.29) is 5.75 Å². The molecular weight excluding hydrogens is 240 g/mol. The summed E-state index contributed by atoms with van der Waals surface area (Å²) in [5.74, 6) is 0.520. The Bertz CT molecular complexity index is 327. The second-order valence-electron chi connectivity index (χ2n) is 3.87. The van der Waals surface area contributed by atoms with E-state index in [1.54, 1.807) is 6.92 Å². The molecule has 0 aliphatic heterocycles. The van der Waals surface area contributed by atoms with E-state index in [1.807, 2.05) is 6.92 Å². The monoisotopic (exact) mass is 264 g/mol.